The Morgan fingerprint density at radius 2 is 1.19 bits per heavy atom. The van der Waals surface area contributed by atoms with E-state index >= 15 is 0 Å². The average molecular weight is 623 g/mol. The molecule has 1 aliphatic rings. The van der Waals surface area contributed by atoms with Crippen LogP contribution < -0.4 is 0 Å². The minimum Gasteiger partial charge on any atom is -0.337 e. The van der Waals surface area contributed by atoms with E-state index in [1.807, 2.05) is 0 Å². The Hall–Kier alpha value is 0.680. The lowest BCUT2D eigenvalue weighted by Crippen LogP contribution is -2.41. The summed E-state index contributed by atoms with van der Waals surface area (Å²) in [6.45, 7) is 18.0. The Kier molecular flexibility index (Phi) is 21.6. The minimum atomic E-state index is -4.09. The standard InChI is InChI=1S/C9H22NO2PS.C8H19NS.CH3O6P.CH4O4/c1-8(2)10(9(3)4)6-7-14-13(5,11)12;1-7(2)9(5-6-10)8(3)4;2-1(3)6-8(4,5)7-1;2-1(3,4)5/h8-9H,6-7H2,1-5H3,(H,11,12);7-8,10H,5-6H2,1-4H3;2-3H,(H,4,5);2-5H. The lowest BCUT2D eigenvalue weighted by molar-refractivity contribution is -0.459. The van der Waals surface area contributed by atoms with Crippen LogP contribution in [0.5, 0.6) is 0 Å². The lowest BCUT2D eigenvalue weighted by atomic mass is 10.2. The first-order valence-electron chi connectivity index (χ1n) is 11.4. The number of aliphatic hydroxyl groups is 6. The molecule has 1 unspecified atom stereocenters. The van der Waals surface area contributed by atoms with Crippen LogP contribution in [0.15, 0.2) is 0 Å². The molecule has 14 nitrogen and oxygen atoms in total. The van der Waals surface area contributed by atoms with Gasteiger partial charge in [-0.25, -0.2) is 13.6 Å². The molecule has 0 aromatic carbocycles. The molecule has 1 atom stereocenters. The summed E-state index contributed by atoms with van der Waals surface area (Å²) in [6.07, 6.45) is -6.36. The quantitative estimate of drug-likeness (QED) is 0.0942. The van der Waals surface area contributed by atoms with Crippen molar-refractivity contribution in [2.45, 2.75) is 91.9 Å². The van der Waals surface area contributed by atoms with Gasteiger partial charge in [-0.15, -0.1) is 0 Å². The largest absolute Gasteiger partial charge is 0.484 e. The third-order valence-electron chi connectivity index (χ3n) is 4.16. The highest BCUT2D eigenvalue weighted by Crippen LogP contribution is 2.58. The van der Waals surface area contributed by atoms with E-state index < -0.39 is 26.7 Å². The van der Waals surface area contributed by atoms with Gasteiger partial charge in [0.2, 0.25) is 0 Å². The molecule has 0 aromatic heterocycles. The van der Waals surface area contributed by atoms with Crippen LogP contribution >= 0.6 is 38.4 Å². The van der Waals surface area contributed by atoms with Crippen molar-refractivity contribution in [2.75, 3.05) is 31.3 Å². The zero-order valence-corrected chi connectivity index (χ0v) is 26.5. The maximum Gasteiger partial charge on any atom is 0.484 e. The van der Waals surface area contributed by atoms with Gasteiger partial charge in [0.1, 0.15) is 0 Å². The fraction of sp³-hybridized carbons (Fsp3) is 1.00. The van der Waals surface area contributed by atoms with Crippen LogP contribution in [0.1, 0.15) is 55.4 Å². The van der Waals surface area contributed by atoms with Crippen LogP contribution in [0.3, 0.4) is 0 Å². The van der Waals surface area contributed by atoms with E-state index in [1.54, 1.807) is 0 Å². The van der Waals surface area contributed by atoms with E-state index in [9.17, 15) is 9.13 Å². The second kappa shape index (κ2) is 18.9. The lowest BCUT2D eigenvalue weighted by Gasteiger charge is -2.32. The molecule has 1 rings (SSSR count). The molecule has 37 heavy (non-hydrogen) atoms. The Labute approximate surface area is 229 Å². The molecule has 0 aromatic rings. The van der Waals surface area contributed by atoms with Crippen molar-refractivity contribution in [2.24, 2.45) is 0 Å². The number of hydrogen-bond donors (Lipinski definition) is 9. The smallest absolute Gasteiger partial charge is 0.337 e. The normalized spacial score (nSPS) is 17.9. The Bertz CT molecular complexity index is 654. The molecule has 0 saturated carbocycles. The Morgan fingerprint density at radius 3 is 1.32 bits per heavy atom. The first kappa shape index (κ1) is 42.2. The predicted octanol–water partition coefficient (Wildman–Crippen LogP) is 0.985. The van der Waals surface area contributed by atoms with Gasteiger partial charge in [-0.1, -0.05) is 11.4 Å². The van der Waals surface area contributed by atoms with Crippen molar-refractivity contribution in [1.82, 2.24) is 9.80 Å². The Balaban J connectivity index is -0.000000442. The maximum atomic E-state index is 11.0. The molecule has 0 spiro atoms. The van der Waals surface area contributed by atoms with E-state index in [2.05, 4.69) is 86.9 Å². The molecule has 18 heteroatoms. The fourth-order valence-electron chi connectivity index (χ4n) is 2.96. The third-order valence-corrected chi connectivity index (χ3v) is 8.13. The summed E-state index contributed by atoms with van der Waals surface area (Å²) in [5.41, 5.74) is 0. The number of thiol groups is 1. The highest BCUT2D eigenvalue weighted by atomic mass is 32.7. The Morgan fingerprint density at radius 1 is 0.892 bits per heavy atom. The molecule has 0 amide bonds. The highest BCUT2D eigenvalue weighted by Gasteiger charge is 2.54. The van der Waals surface area contributed by atoms with Gasteiger partial charge in [-0.3, -0.25) is 14.4 Å². The molecule has 1 heterocycles. The van der Waals surface area contributed by atoms with Gasteiger partial charge in [0.05, 0.1) is 0 Å². The minimum absolute atomic E-state index is 0.491. The van der Waals surface area contributed by atoms with Crippen LogP contribution in [-0.2, 0) is 18.2 Å². The van der Waals surface area contributed by atoms with Gasteiger partial charge in [0, 0.05) is 55.4 Å². The van der Waals surface area contributed by atoms with Crippen molar-refractivity contribution in [1.29, 1.82) is 0 Å². The molecular weight excluding hydrogens is 574 g/mol. The molecule has 0 radical (unpaired) electrons. The number of phosphoric ester groups is 1. The zero-order valence-electron chi connectivity index (χ0n) is 23.0. The van der Waals surface area contributed by atoms with Gasteiger partial charge in [-0.2, -0.15) is 12.6 Å². The van der Waals surface area contributed by atoms with Crippen LogP contribution in [0.4, 0.5) is 0 Å². The predicted molar refractivity (Wildman–Crippen MR) is 147 cm³/mol. The third kappa shape index (κ3) is 29.5. The van der Waals surface area contributed by atoms with Crippen molar-refractivity contribution in [3.05, 3.63) is 0 Å². The average Bonchev–Trinajstić information content (AvgIpc) is 2.58. The monoisotopic (exact) mass is 622 g/mol. The first-order chi connectivity index (χ1) is 16.2. The summed E-state index contributed by atoms with van der Waals surface area (Å²) in [4.78, 5) is 21.9. The number of phosphoric acid groups is 1. The molecule has 0 bridgehead atoms. The van der Waals surface area contributed by atoms with Crippen LogP contribution in [0, 0.1) is 0 Å². The topological polar surface area (TPSA) is 221 Å². The number of rotatable bonds is 10. The van der Waals surface area contributed by atoms with Crippen LogP contribution in [0.25, 0.3) is 0 Å². The fourth-order valence-corrected chi connectivity index (χ4v) is 5.70. The van der Waals surface area contributed by atoms with Gasteiger partial charge in [0.15, 0.2) is 0 Å². The van der Waals surface area contributed by atoms with Crippen LogP contribution in [-0.4, -0.2) is 118 Å². The second-order valence-electron chi connectivity index (χ2n) is 9.01. The van der Waals surface area contributed by atoms with Crippen molar-refractivity contribution < 1.29 is 58.6 Å². The summed E-state index contributed by atoms with van der Waals surface area (Å²) in [6, 6.07) is 2.27. The van der Waals surface area contributed by atoms with E-state index in [0.29, 0.717) is 24.2 Å². The number of hydrogen-bond acceptors (Lipinski definition) is 14. The summed E-state index contributed by atoms with van der Waals surface area (Å²) in [5, 5.41) is 44.8. The van der Waals surface area contributed by atoms with E-state index in [1.165, 1.54) is 18.0 Å². The molecule has 8 N–H and O–H groups in total. The highest BCUT2D eigenvalue weighted by molar-refractivity contribution is 8.56. The van der Waals surface area contributed by atoms with E-state index in [0.717, 1.165) is 24.6 Å². The molecule has 1 fully saturated rings. The van der Waals surface area contributed by atoms with E-state index in [4.69, 9.17) is 40.4 Å². The van der Waals surface area contributed by atoms with Crippen molar-refractivity contribution in [3.8, 4) is 0 Å². The van der Waals surface area contributed by atoms with Gasteiger partial charge in [0.25, 0.3) is 6.57 Å². The molecule has 0 aliphatic carbocycles. The molecule has 228 valence electrons. The first-order valence-corrected chi connectivity index (χ1v) is 17.2. The van der Waals surface area contributed by atoms with E-state index in [-0.39, 0.29) is 0 Å². The summed E-state index contributed by atoms with van der Waals surface area (Å²) in [7, 11) is -4.09. The number of nitrogens with zero attached hydrogens (tertiary/aromatic N) is 2. The summed E-state index contributed by atoms with van der Waals surface area (Å²) in [5.74, 6) is 1.68. The van der Waals surface area contributed by atoms with Gasteiger partial charge >= 0.3 is 20.1 Å². The summed E-state index contributed by atoms with van der Waals surface area (Å²) < 4.78 is 27.9. The van der Waals surface area contributed by atoms with Gasteiger partial charge in [-0.05, 0) is 55.4 Å². The van der Waals surface area contributed by atoms with Crippen molar-refractivity contribution >= 4 is 38.4 Å². The molecule has 1 aliphatic heterocycles. The van der Waals surface area contributed by atoms with Crippen molar-refractivity contribution in [3.63, 3.8) is 0 Å². The van der Waals surface area contributed by atoms with Gasteiger partial charge < -0.3 is 40.4 Å². The molecule has 1 saturated heterocycles. The van der Waals surface area contributed by atoms with Crippen LogP contribution in [0.2, 0.25) is 0 Å². The zero-order chi connectivity index (χ0) is 30.4. The summed E-state index contributed by atoms with van der Waals surface area (Å²) >= 11 is 5.37. The second-order valence-corrected chi connectivity index (χ2v) is 15.8. The maximum absolute atomic E-state index is 11.0. The molecular formula is C19H48N2O12P2S2. The SMILES string of the molecule is CC(C)N(CCS)C(C)C.CC(C)N(CCSP(C)(=O)O)C(C)C.O=P1(O)OC(O)(O)O1.OC(O)(O)O.